The maximum Gasteiger partial charge on any atom is 0.269 e. The fourth-order valence-corrected chi connectivity index (χ4v) is 3.39. The molecule has 1 aliphatic carbocycles. The lowest BCUT2D eigenvalue weighted by molar-refractivity contribution is -0.0833. The van der Waals surface area contributed by atoms with Gasteiger partial charge in [-0.05, 0) is 31.4 Å². The molecule has 1 saturated heterocycles. The fraction of sp³-hybridized carbons (Fsp3) is 0.688. The molecule has 21 heavy (non-hydrogen) atoms. The molecule has 1 atom stereocenters. The molecule has 3 nitrogen and oxygen atoms in total. The summed E-state index contributed by atoms with van der Waals surface area (Å²) in [4.78, 5) is 4.27. The number of alkyl halides is 2. The van der Waals surface area contributed by atoms with E-state index < -0.39 is 6.43 Å². The molecular weight excluding hydrogens is 274 g/mol. The van der Waals surface area contributed by atoms with E-state index in [-0.39, 0.29) is 23.1 Å². The van der Waals surface area contributed by atoms with Crippen LogP contribution in [0.15, 0.2) is 12.1 Å². The van der Waals surface area contributed by atoms with E-state index in [0.29, 0.717) is 6.42 Å². The van der Waals surface area contributed by atoms with Gasteiger partial charge >= 0.3 is 0 Å². The summed E-state index contributed by atoms with van der Waals surface area (Å²) in [7, 11) is 0. The first-order valence-electron chi connectivity index (χ1n) is 7.83. The van der Waals surface area contributed by atoms with Gasteiger partial charge in [0.15, 0.2) is 6.23 Å². The SMILES string of the molecule is CCc1ccc(C(F)F)c(OC2NCC23CCCCC3)n1. The van der Waals surface area contributed by atoms with Crippen LogP contribution in [0.5, 0.6) is 5.88 Å². The van der Waals surface area contributed by atoms with E-state index in [4.69, 9.17) is 4.74 Å². The fourth-order valence-electron chi connectivity index (χ4n) is 3.39. The van der Waals surface area contributed by atoms with E-state index in [0.717, 1.165) is 25.1 Å². The maximum absolute atomic E-state index is 13.1. The molecule has 0 radical (unpaired) electrons. The second-order valence-corrected chi connectivity index (χ2v) is 6.15. The van der Waals surface area contributed by atoms with Crippen molar-refractivity contribution in [2.45, 2.75) is 58.1 Å². The molecule has 0 bridgehead atoms. The number of aromatic nitrogens is 1. The Morgan fingerprint density at radius 3 is 2.67 bits per heavy atom. The van der Waals surface area contributed by atoms with Crippen molar-refractivity contribution in [1.29, 1.82) is 0 Å². The van der Waals surface area contributed by atoms with E-state index >= 15 is 0 Å². The van der Waals surface area contributed by atoms with Crippen LogP contribution >= 0.6 is 0 Å². The molecule has 2 heterocycles. The normalized spacial score (nSPS) is 24.1. The first-order valence-corrected chi connectivity index (χ1v) is 7.83. The number of aryl methyl sites for hydroxylation is 1. The first kappa shape index (κ1) is 14.7. The average Bonchev–Trinajstić information content (AvgIpc) is 2.52. The highest BCUT2D eigenvalue weighted by Crippen LogP contribution is 2.44. The Hall–Kier alpha value is -1.23. The van der Waals surface area contributed by atoms with Gasteiger partial charge in [0, 0.05) is 17.7 Å². The van der Waals surface area contributed by atoms with Crippen LogP contribution in [-0.4, -0.2) is 17.8 Å². The molecule has 0 aromatic carbocycles. The predicted octanol–water partition coefficient (Wildman–Crippen LogP) is 3.84. The minimum Gasteiger partial charge on any atom is -0.458 e. The summed E-state index contributed by atoms with van der Waals surface area (Å²) in [6.07, 6.45) is 3.88. The summed E-state index contributed by atoms with van der Waals surface area (Å²) in [5.74, 6) is 0.103. The van der Waals surface area contributed by atoms with E-state index in [2.05, 4.69) is 10.3 Å². The van der Waals surface area contributed by atoms with Gasteiger partial charge in [0.25, 0.3) is 6.43 Å². The third kappa shape index (κ3) is 2.76. The molecule has 0 amide bonds. The second kappa shape index (κ2) is 5.87. The van der Waals surface area contributed by atoms with Gasteiger partial charge in [0.1, 0.15) is 0 Å². The Balaban J connectivity index is 1.80. The van der Waals surface area contributed by atoms with Crippen LogP contribution in [0.2, 0.25) is 0 Å². The predicted molar refractivity (Wildman–Crippen MR) is 76.5 cm³/mol. The summed E-state index contributed by atoms with van der Waals surface area (Å²) < 4.78 is 32.1. The Kier molecular flexibility index (Phi) is 4.11. The van der Waals surface area contributed by atoms with Crippen LogP contribution in [0.25, 0.3) is 0 Å². The van der Waals surface area contributed by atoms with Gasteiger partial charge in [0.2, 0.25) is 5.88 Å². The third-order valence-corrected chi connectivity index (χ3v) is 4.82. The van der Waals surface area contributed by atoms with Crippen molar-refractivity contribution in [3.8, 4) is 5.88 Å². The van der Waals surface area contributed by atoms with E-state index in [9.17, 15) is 8.78 Å². The summed E-state index contributed by atoms with van der Waals surface area (Å²) >= 11 is 0. The quantitative estimate of drug-likeness (QED) is 0.916. The largest absolute Gasteiger partial charge is 0.458 e. The van der Waals surface area contributed by atoms with Crippen molar-refractivity contribution in [3.05, 3.63) is 23.4 Å². The zero-order valence-corrected chi connectivity index (χ0v) is 12.4. The first-order chi connectivity index (χ1) is 10.1. The van der Waals surface area contributed by atoms with Gasteiger partial charge in [-0.1, -0.05) is 26.2 Å². The highest BCUT2D eigenvalue weighted by Gasteiger charge is 2.49. The van der Waals surface area contributed by atoms with Crippen LogP contribution in [0.1, 0.15) is 56.7 Å². The molecule has 2 fully saturated rings. The van der Waals surface area contributed by atoms with Crippen LogP contribution in [0, 0.1) is 5.41 Å². The molecule has 1 aliphatic heterocycles. The number of hydrogen-bond donors (Lipinski definition) is 1. The standard InChI is InChI=1S/C16H22F2N2O/c1-2-11-6-7-12(13(17)18)14(20-11)21-15-16(10-19-15)8-4-3-5-9-16/h6-7,13,15,19H,2-5,8-10H2,1H3. The highest BCUT2D eigenvalue weighted by molar-refractivity contribution is 5.30. The van der Waals surface area contributed by atoms with Crippen molar-refractivity contribution >= 4 is 0 Å². The van der Waals surface area contributed by atoms with Gasteiger partial charge < -0.3 is 4.74 Å². The van der Waals surface area contributed by atoms with Crippen LogP contribution in [-0.2, 0) is 6.42 Å². The lowest BCUT2D eigenvalue weighted by atomic mass is 9.68. The number of nitrogens with zero attached hydrogens (tertiary/aromatic N) is 1. The van der Waals surface area contributed by atoms with Gasteiger partial charge in [-0.25, -0.2) is 13.8 Å². The Bertz CT molecular complexity index is 501. The molecule has 5 heteroatoms. The van der Waals surface area contributed by atoms with Crippen LogP contribution in [0.4, 0.5) is 8.78 Å². The van der Waals surface area contributed by atoms with Crippen molar-refractivity contribution in [2.24, 2.45) is 5.41 Å². The monoisotopic (exact) mass is 296 g/mol. The molecule has 1 aromatic rings. The van der Waals surface area contributed by atoms with Crippen LogP contribution < -0.4 is 10.1 Å². The molecule has 1 unspecified atom stereocenters. The van der Waals surface area contributed by atoms with E-state index in [1.54, 1.807) is 6.07 Å². The lowest BCUT2D eigenvalue weighted by Crippen LogP contribution is -2.65. The van der Waals surface area contributed by atoms with E-state index in [1.165, 1.54) is 25.3 Å². The summed E-state index contributed by atoms with van der Waals surface area (Å²) in [6.45, 7) is 2.88. The molecule has 1 spiro atoms. The molecule has 1 saturated carbocycles. The number of halogens is 2. The smallest absolute Gasteiger partial charge is 0.269 e. The van der Waals surface area contributed by atoms with Gasteiger partial charge in [0.05, 0.1) is 5.56 Å². The van der Waals surface area contributed by atoms with Crippen molar-refractivity contribution < 1.29 is 13.5 Å². The molecule has 2 aliphatic rings. The van der Waals surface area contributed by atoms with Crippen molar-refractivity contribution in [1.82, 2.24) is 10.3 Å². The number of ether oxygens (including phenoxy) is 1. The van der Waals surface area contributed by atoms with Crippen molar-refractivity contribution in [3.63, 3.8) is 0 Å². The van der Waals surface area contributed by atoms with Crippen molar-refractivity contribution in [2.75, 3.05) is 6.54 Å². The minimum absolute atomic E-state index is 0.103. The molecule has 116 valence electrons. The number of hydrogen-bond acceptors (Lipinski definition) is 3. The number of nitrogens with one attached hydrogen (secondary N) is 1. The molecular formula is C16H22F2N2O. The number of pyridine rings is 1. The maximum atomic E-state index is 13.1. The van der Waals surface area contributed by atoms with Crippen LogP contribution in [0.3, 0.4) is 0 Å². The topological polar surface area (TPSA) is 34.1 Å². The highest BCUT2D eigenvalue weighted by atomic mass is 19.3. The summed E-state index contributed by atoms with van der Waals surface area (Å²) in [5, 5.41) is 3.25. The van der Waals surface area contributed by atoms with Gasteiger partial charge in [-0.3, -0.25) is 5.32 Å². The second-order valence-electron chi connectivity index (χ2n) is 6.15. The third-order valence-electron chi connectivity index (χ3n) is 4.82. The van der Waals surface area contributed by atoms with Gasteiger partial charge in [-0.2, -0.15) is 0 Å². The molecule has 1 N–H and O–H groups in total. The van der Waals surface area contributed by atoms with Gasteiger partial charge in [-0.15, -0.1) is 0 Å². The Labute approximate surface area is 124 Å². The molecule has 1 aromatic heterocycles. The zero-order valence-electron chi connectivity index (χ0n) is 12.4. The molecule has 3 rings (SSSR count). The van der Waals surface area contributed by atoms with E-state index in [1.807, 2.05) is 6.92 Å². The Morgan fingerprint density at radius 2 is 2.10 bits per heavy atom. The zero-order chi connectivity index (χ0) is 14.9. The summed E-state index contributed by atoms with van der Waals surface area (Å²) in [6, 6.07) is 3.09. The minimum atomic E-state index is -2.55. The summed E-state index contributed by atoms with van der Waals surface area (Å²) in [5.41, 5.74) is 0.805. The number of rotatable bonds is 4. The lowest BCUT2D eigenvalue weighted by Gasteiger charge is -2.51. The average molecular weight is 296 g/mol. The Morgan fingerprint density at radius 1 is 1.33 bits per heavy atom.